The zero-order valence-electron chi connectivity index (χ0n) is 10.3. The highest BCUT2D eigenvalue weighted by Crippen LogP contribution is 2.08. The third-order valence-electron chi connectivity index (χ3n) is 1.76. The quantitative estimate of drug-likeness (QED) is 0.707. The molecule has 0 unspecified atom stereocenters. The maximum atomic E-state index is 11.5. The molecule has 0 aromatic heterocycles. The van der Waals surface area contributed by atoms with E-state index in [0.717, 1.165) is 0 Å². The molecule has 0 rings (SSSR count). The fourth-order valence-electron chi connectivity index (χ4n) is 0.823. The van der Waals surface area contributed by atoms with E-state index in [0.29, 0.717) is 13.1 Å². The van der Waals surface area contributed by atoms with E-state index >= 15 is 0 Å². The van der Waals surface area contributed by atoms with E-state index < -0.39 is 5.60 Å². The molecule has 0 bridgehead atoms. The molecule has 15 heavy (non-hydrogen) atoms. The van der Waals surface area contributed by atoms with Crippen molar-refractivity contribution in [3.05, 3.63) is 0 Å². The predicted molar refractivity (Wildman–Crippen MR) is 58.6 cm³/mol. The number of hydrogen-bond donors (Lipinski definition) is 1. The molecule has 5 nitrogen and oxygen atoms in total. The van der Waals surface area contributed by atoms with E-state index in [2.05, 4.69) is 0 Å². The molecule has 1 N–H and O–H groups in total. The first kappa shape index (κ1) is 14.2. The Labute approximate surface area is 91.6 Å². The minimum atomic E-state index is -0.464. The lowest BCUT2D eigenvalue weighted by Crippen LogP contribution is -2.38. The number of rotatable bonds is 4. The Morgan fingerprint density at radius 3 is 2.20 bits per heavy atom. The summed E-state index contributed by atoms with van der Waals surface area (Å²) < 4.78 is 5.17. The van der Waals surface area contributed by atoms with E-state index in [1.54, 1.807) is 19.0 Å². The highest BCUT2D eigenvalue weighted by atomic mass is 16.6. The van der Waals surface area contributed by atoms with E-state index in [4.69, 9.17) is 9.84 Å². The summed E-state index contributed by atoms with van der Waals surface area (Å²) >= 11 is 0. The van der Waals surface area contributed by atoms with Crippen LogP contribution < -0.4 is 0 Å². The Morgan fingerprint density at radius 2 is 1.80 bits per heavy atom. The van der Waals surface area contributed by atoms with Crippen LogP contribution in [0, 0.1) is 0 Å². The highest BCUT2D eigenvalue weighted by Gasteiger charge is 2.19. The van der Waals surface area contributed by atoms with Crippen molar-refractivity contribution >= 4 is 6.09 Å². The Balaban J connectivity index is 3.90. The zero-order valence-corrected chi connectivity index (χ0v) is 10.3. The molecule has 0 fully saturated rings. The first-order chi connectivity index (χ1) is 6.76. The van der Waals surface area contributed by atoms with Crippen LogP contribution in [0.5, 0.6) is 0 Å². The summed E-state index contributed by atoms with van der Waals surface area (Å²) in [5.41, 5.74) is -0.464. The van der Waals surface area contributed by atoms with Gasteiger partial charge in [0.05, 0.1) is 6.73 Å². The first-order valence-electron chi connectivity index (χ1n) is 5.00. The number of aliphatic hydroxyl groups excluding tert-OH is 1. The molecule has 1 amide bonds. The van der Waals surface area contributed by atoms with Gasteiger partial charge in [0.1, 0.15) is 5.60 Å². The second kappa shape index (κ2) is 5.92. The lowest BCUT2D eigenvalue weighted by atomic mass is 10.2. The second-order valence-corrected chi connectivity index (χ2v) is 4.62. The molecule has 0 radical (unpaired) electrons. The lowest BCUT2D eigenvalue weighted by molar-refractivity contribution is 0.0269. The Morgan fingerprint density at radius 1 is 1.27 bits per heavy atom. The van der Waals surface area contributed by atoms with Crippen LogP contribution in [0.1, 0.15) is 20.8 Å². The molecule has 0 heterocycles. The van der Waals surface area contributed by atoms with Crippen molar-refractivity contribution in [3.8, 4) is 0 Å². The Hall–Kier alpha value is -0.810. The van der Waals surface area contributed by atoms with E-state index in [1.807, 2.05) is 20.8 Å². The fourth-order valence-corrected chi connectivity index (χ4v) is 0.823. The SMILES string of the molecule is CN(CO)CCN(C)C(=O)OC(C)(C)C. The van der Waals surface area contributed by atoms with Gasteiger partial charge >= 0.3 is 6.09 Å². The third-order valence-corrected chi connectivity index (χ3v) is 1.76. The molecule has 5 heteroatoms. The molecule has 0 atom stereocenters. The fraction of sp³-hybridized carbons (Fsp3) is 0.900. The minimum Gasteiger partial charge on any atom is -0.444 e. The van der Waals surface area contributed by atoms with Crippen molar-refractivity contribution < 1.29 is 14.6 Å². The van der Waals surface area contributed by atoms with Crippen molar-refractivity contribution in [2.75, 3.05) is 33.9 Å². The number of carbonyl (C=O) groups excluding carboxylic acids is 1. The smallest absolute Gasteiger partial charge is 0.410 e. The molecule has 90 valence electrons. The van der Waals surface area contributed by atoms with Gasteiger partial charge in [-0.3, -0.25) is 4.90 Å². The van der Waals surface area contributed by atoms with Crippen LogP contribution in [0.25, 0.3) is 0 Å². The van der Waals surface area contributed by atoms with Crippen LogP contribution in [0.3, 0.4) is 0 Å². The Bertz CT molecular complexity index is 201. The molecular formula is C10H22N2O3. The van der Waals surface area contributed by atoms with Crippen LogP contribution in [-0.2, 0) is 4.74 Å². The van der Waals surface area contributed by atoms with Crippen molar-refractivity contribution in [1.82, 2.24) is 9.80 Å². The van der Waals surface area contributed by atoms with Gasteiger partial charge in [0.15, 0.2) is 0 Å². The molecule has 0 aromatic carbocycles. The summed E-state index contributed by atoms with van der Waals surface area (Å²) in [6.07, 6.45) is -0.339. The van der Waals surface area contributed by atoms with E-state index in [9.17, 15) is 4.79 Å². The molecule has 0 aliphatic carbocycles. The van der Waals surface area contributed by atoms with Gasteiger partial charge in [-0.2, -0.15) is 0 Å². The van der Waals surface area contributed by atoms with Crippen LogP contribution in [-0.4, -0.2) is 60.5 Å². The number of nitrogens with zero attached hydrogens (tertiary/aromatic N) is 2. The molecule has 0 aliphatic rings. The summed E-state index contributed by atoms with van der Waals surface area (Å²) in [6, 6.07) is 0. The standard InChI is InChI=1S/C10H22N2O3/c1-10(2,3)15-9(14)12(5)7-6-11(4)8-13/h13H,6-8H2,1-5H3. The summed E-state index contributed by atoms with van der Waals surface area (Å²) in [7, 11) is 3.46. The van der Waals surface area contributed by atoms with Gasteiger partial charge in [-0.15, -0.1) is 0 Å². The molecule has 0 aliphatic heterocycles. The number of likely N-dealkylation sites (N-methyl/N-ethyl adjacent to an activating group) is 2. The number of hydrogen-bond acceptors (Lipinski definition) is 4. The summed E-state index contributed by atoms with van der Waals surface area (Å²) in [4.78, 5) is 14.7. The maximum Gasteiger partial charge on any atom is 0.410 e. The predicted octanol–water partition coefficient (Wildman–Crippen LogP) is 0.735. The Kier molecular flexibility index (Phi) is 5.60. The van der Waals surface area contributed by atoms with Crippen LogP contribution in [0.4, 0.5) is 4.79 Å². The van der Waals surface area contributed by atoms with E-state index in [1.165, 1.54) is 4.90 Å². The first-order valence-corrected chi connectivity index (χ1v) is 5.00. The molecule has 0 spiro atoms. The van der Waals surface area contributed by atoms with Gasteiger partial charge in [-0.1, -0.05) is 0 Å². The average molecular weight is 218 g/mol. The van der Waals surface area contributed by atoms with Gasteiger partial charge in [0.25, 0.3) is 0 Å². The summed E-state index contributed by atoms with van der Waals surface area (Å²) in [5, 5.41) is 8.76. The molecule has 0 aromatic rings. The third kappa shape index (κ3) is 7.16. The van der Waals surface area contributed by atoms with Gasteiger partial charge in [-0.25, -0.2) is 4.79 Å². The molecular weight excluding hydrogens is 196 g/mol. The largest absolute Gasteiger partial charge is 0.444 e. The summed E-state index contributed by atoms with van der Waals surface area (Å²) in [5.74, 6) is 0. The maximum absolute atomic E-state index is 11.5. The van der Waals surface area contributed by atoms with Crippen molar-refractivity contribution in [3.63, 3.8) is 0 Å². The lowest BCUT2D eigenvalue weighted by Gasteiger charge is -2.25. The minimum absolute atomic E-state index is 0.0117. The van der Waals surface area contributed by atoms with Gasteiger partial charge in [0.2, 0.25) is 0 Å². The molecule has 0 saturated heterocycles. The van der Waals surface area contributed by atoms with Crippen molar-refractivity contribution in [1.29, 1.82) is 0 Å². The molecule has 0 saturated carbocycles. The highest BCUT2D eigenvalue weighted by molar-refractivity contribution is 5.67. The summed E-state index contributed by atoms with van der Waals surface area (Å²) in [6.45, 7) is 6.64. The van der Waals surface area contributed by atoms with Crippen LogP contribution in [0.15, 0.2) is 0 Å². The van der Waals surface area contributed by atoms with Crippen LogP contribution in [0.2, 0.25) is 0 Å². The average Bonchev–Trinajstić information content (AvgIpc) is 2.10. The van der Waals surface area contributed by atoms with Gasteiger partial charge in [0, 0.05) is 20.1 Å². The normalized spacial score (nSPS) is 11.7. The van der Waals surface area contributed by atoms with E-state index in [-0.39, 0.29) is 12.8 Å². The number of carbonyl (C=O) groups is 1. The number of amides is 1. The second-order valence-electron chi connectivity index (χ2n) is 4.62. The van der Waals surface area contributed by atoms with Crippen molar-refractivity contribution in [2.45, 2.75) is 26.4 Å². The topological polar surface area (TPSA) is 53.0 Å². The van der Waals surface area contributed by atoms with Gasteiger partial charge in [-0.05, 0) is 27.8 Å². The number of ether oxygens (including phenoxy) is 1. The number of aliphatic hydroxyl groups is 1. The van der Waals surface area contributed by atoms with Crippen LogP contribution >= 0.6 is 0 Å². The zero-order chi connectivity index (χ0) is 12.1. The van der Waals surface area contributed by atoms with Gasteiger partial charge < -0.3 is 14.7 Å². The van der Waals surface area contributed by atoms with Crippen molar-refractivity contribution in [2.24, 2.45) is 0 Å². The monoisotopic (exact) mass is 218 g/mol.